The molecule has 1 aromatic heterocycles. The second-order valence-electron chi connectivity index (χ2n) is 5.86. The quantitative estimate of drug-likeness (QED) is 0.631. The van der Waals surface area contributed by atoms with Crippen LogP contribution < -0.4 is 4.74 Å². The van der Waals surface area contributed by atoms with Gasteiger partial charge in [0, 0.05) is 22.2 Å². The van der Waals surface area contributed by atoms with Gasteiger partial charge < -0.3 is 4.74 Å². The Morgan fingerprint density at radius 3 is 2.44 bits per heavy atom. The van der Waals surface area contributed by atoms with Gasteiger partial charge in [0.2, 0.25) is 0 Å². The van der Waals surface area contributed by atoms with Crippen LogP contribution in [0, 0.1) is 13.8 Å². The van der Waals surface area contributed by atoms with Crippen molar-refractivity contribution >= 4 is 21.8 Å². The molecule has 0 bridgehead atoms. The number of ether oxygens (including phenoxy) is 1. The molecule has 0 amide bonds. The number of carbonyl (C=O) groups is 1. The van der Waals surface area contributed by atoms with E-state index < -0.39 is 0 Å². The number of hydrogen-bond donors (Lipinski definition) is 0. The predicted molar refractivity (Wildman–Crippen MR) is 101 cm³/mol. The average Bonchev–Trinajstić information content (AvgIpc) is 2.90. The second-order valence-corrected chi connectivity index (χ2v) is 6.78. The fourth-order valence-electron chi connectivity index (χ4n) is 2.71. The lowest BCUT2D eigenvalue weighted by atomic mass is 10.0. The Hall–Kier alpha value is -2.40. The molecule has 5 heteroatoms. The van der Waals surface area contributed by atoms with Gasteiger partial charge in [-0.05, 0) is 43.7 Å². The van der Waals surface area contributed by atoms with Gasteiger partial charge in [-0.25, -0.2) is 4.68 Å². The van der Waals surface area contributed by atoms with Crippen molar-refractivity contribution in [2.45, 2.75) is 20.3 Å². The lowest BCUT2D eigenvalue weighted by Crippen LogP contribution is -2.21. The van der Waals surface area contributed by atoms with Crippen molar-refractivity contribution in [1.82, 2.24) is 9.78 Å². The SMILES string of the molecule is Cc1nn(C(=O)COc2ccc(Br)cc2)c(C)c1Cc1ccccc1. The first-order valence-corrected chi connectivity index (χ1v) is 8.84. The first-order chi connectivity index (χ1) is 12.0. The number of nitrogens with zero attached hydrogens (tertiary/aromatic N) is 2. The van der Waals surface area contributed by atoms with Gasteiger partial charge in [-0.2, -0.15) is 5.10 Å². The molecule has 25 heavy (non-hydrogen) atoms. The zero-order valence-corrected chi connectivity index (χ0v) is 15.8. The predicted octanol–water partition coefficient (Wildman–Crippen LogP) is 4.57. The normalized spacial score (nSPS) is 10.7. The molecule has 3 aromatic rings. The summed E-state index contributed by atoms with van der Waals surface area (Å²) in [5.41, 5.74) is 4.03. The van der Waals surface area contributed by atoms with Gasteiger partial charge in [-0.3, -0.25) is 4.79 Å². The summed E-state index contributed by atoms with van der Waals surface area (Å²) in [5, 5.41) is 4.41. The van der Waals surface area contributed by atoms with Crippen molar-refractivity contribution < 1.29 is 9.53 Å². The third-order valence-electron chi connectivity index (χ3n) is 4.08. The fraction of sp³-hybridized carbons (Fsp3) is 0.200. The van der Waals surface area contributed by atoms with Gasteiger partial charge in [0.25, 0.3) is 5.91 Å². The molecule has 0 aliphatic heterocycles. The Labute approximate surface area is 155 Å². The number of benzene rings is 2. The maximum Gasteiger partial charge on any atom is 0.284 e. The molecule has 0 saturated heterocycles. The maximum absolute atomic E-state index is 12.5. The Morgan fingerprint density at radius 1 is 1.08 bits per heavy atom. The van der Waals surface area contributed by atoms with Crippen LogP contribution in [0.1, 0.15) is 27.3 Å². The van der Waals surface area contributed by atoms with Crippen LogP contribution in [0.5, 0.6) is 5.75 Å². The topological polar surface area (TPSA) is 44.1 Å². The Kier molecular flexibility index (Phi) is 5.34. The molecular weight excluding hydrogens is 380 g/mol. The lowest BCUT2D eigenvalue weighted by Gasteiger charge is -2.07. The molecule has 0 saturated carbocycles. The average molecular weight is 399 g/mol. The molecule has 1 heterocycles. The summed E-state index contributed by atoms with van der Waals surface area (Å²) >= 11 is 3.37. The molecule has 0 aliphatic rings. The van der Waals surface area contributed by atoms with Gasteiger partial charge in [0.05, 0.1) is 5.69 Å². The number of aromatic nitrogens is 2. The summed E-state index contributed by atoms with van der Waals surface area (Å²) in [6, 6.07) is 17.6. The highest BCUT2D eigenvalue weighted by atomic mass is 79.9. The van der Waals surface area contributed by atoms with E-state index in [2.05, 4.69) is 33.2 Å². The zero-order chi connectivity index (χ0) is 17.8. The van der Waals surface area contributed by atoms with Gasteiger partial charge in [-0.15, -0.1) is 0 Å². The van der Waals surface area contributed by atoms with Gasteiger partial charge in [0.15, 0.2) is 6.61 Å². The summed E-state index contributed by atoms with van der Waals surface area (Å²) in [6.45, 7) is 3.81. The molecule has 4 nitrogen and oxygen atoms in total. The summed E-state index contributed by atoms with van der Waals surface area (Å²) in [7, 11) is 0. The first-order valence-electron chi connectivity index (χ1n) is 8.05. The molecule has 0 aliphatic carbocycles. The van der Waals surface area contributed by atoms with Crippen LogP contribution in [0.2, 0.25) is 0 Å². The highest BCUT2D eigenvalue weighted by Crippen LogP contribution is 2.19. The van der Waals surface area contributed by atoms with E-state index in [1.54, 1.807) is 0 Å². The number of aryl methyl sites for hydroxylation is 1. The second kappa shape index (κ2) is 7.66. The van der Waals surface area contributed by atoms with Crippen molar-refractivity contribution in [3.05, 3.63) is 81.6 Å². The molecule has 2 aromatic carbocycles. The monoisotopic (exact) mass is 398 g/mol. The zero-order valence-electron chi connectivity index (χ0n) is 14.2. The van der Waals surface area contributed by atoms with Crippen molar-refractivity contribution in [3.63, 3.8) is 0 Å². The molecule has 0 N–H and O–H groups in total. The van der Waals surface area contributed by atoms with E-state index in [-0.39, 0.29) is 12.5 Å². The summed E-state index contributed by atoms with van der Waals surface area (Å²) in [4.78, 5) is 12.5. The number of hydrogen-bond acceptors (Lipinski definition) is 3. The van der Waals surface area contributed by atoms with Crippen LogP contribution in [-0.2, 0) is 6.42 Å². The van der Waals surface area contributed by atoms with Crippen LogP contribution in [0.4, 0.5) is 0 Å². The van der Waals surface area contributed by atoms with Crippen molar-refractivity contribution in [1.29, 1.82) is 0 Å². The number of rotatable bonds is 5. The van der Waals surface area contributed by atoms with Gasteiger partial charge in [0.1, 0.15) is 5.75 Å². The fourth-order valence-corrected chi connectivity index (χ4v) is 2.97. The van der Waals surface area contributed by atoms with Crippen molar-refractivity contribution in [2.75, 3.05) is 6.61 Å². The van der Waals surface area contributed by atoms with Gasteiger partial charge in [-0.1, -0.05) is 46.3 Å². The van der Waals surface area contributed by atoms with E-state index in [0.717, 1.165) is 27.8 Å². The van der Waals surface area contributed by atoms with E-state index in [0.29, 0.717) is 5.75 Å². The standard InChI is InChI=1S/C20H19BrN2O2/c1-14-19(12-16-6-4-3-5-7-16)15(2)23(22-14)20(24)13-25-18-10-8-17(21)9-11-18/h3-11H,12-13H2,1-2H3. The van der Waals surface area contributed by atoms with Crippen LogP contribution >= 0.6 is 15.9 Å². The van der Waals surface area contributed by atoms with E-state index in [1.165, 1.54) is 10.2 Å². The minimum atomic E-state index is -0.178. The largest absolute Gasteiger partial charge is 0.484 e. The van der Waals surface area contributed by atoms with Crippen LogP contribution in [0.25, 0.3) is 0 Å². The maximum atomic E-state index is 12.5. The molecular formula is C20H19BrN2O2. The van der Waals surface area contributed by atoms with Crippen molar-refractivity contribution in [3.8, 4) is 5.75 Å². The molecule has 0 spiro atoms. The van der Waals surface area contributed by atoms with Crippen LogP contribution in [0.15, 0.2) is 59.1 Å². The minimum Gasteiger partial charge on any atom is -0.484 e. The Bertz CT molecular complexity index is 871. The summed E-state index contributed by atoms with van der Waals surface area (Å²) < 4.78 is 7.99. The van der Waals surface area contributed by atoms with Crippen LogP contribution in [-0.4, -0.2) is 22.3 Å². The van der Waals surface area contributed by atoms with Crippen molar-refractivity contribution in [2.24, 2.45) is 0 Å². The third kappa shape index (κ3) is 4.17. The lowest BCUT2D eigenvalue weighted by molar-refractivity contribution is 0.0818. The smallest absolute Gasteiger partial charge is 0.284 e. The molecule has 0 atom stereocenters. The van der Waals surface area contributed by atoms with Crippen LogP contribution in [0.3, 0.4) is 0 Å². The van der Waals surface area contributed by atoms with E-state index in [1.807, 2.05) is 56.3 Å². The number of carbonyl (C=O) groups excluding carboxylic acids is 1. The van der Waals surface area contributed by atoms with Gasteiger partial charge >= 0.3 is 0 Å². The Balaban J connectivity index is 1.72. The number of halogens is 1. The molecule has 128 valence electrons. The van der Waals surface area contributed by atoms with E-state index >= 15 is 0 Å². The minimum absolute atomic E-state index is 0.0473. The molecule has 0 radical (unpaired) electrons. The molecule has 0 fully saturated rings. The van der Waals surface area contributed by atoms with E-state index in [4.69, 9.17) is 4.74 Å². The molecule has 3 rings (SSSR count). The van der Waals surface area contributed by atoms with E-state index in [9.17, 15) is 4.79 Å². The highest BCUT2D eigenvalue weighted by Gasteiger charge is 2.17. The molecule has 0 unspecified atom stereocenters. The summed E-state index contributed by atoms with van der Waals surface area (Å²) in [5.74, 6) is 0.477. The first kappa shape index (κ1) is 17.4. The third-order valence-corrected chi connectivity index (χ3v) is 4.61. The summed E-state index contributed by atoms with van der Waals surface area (Å²) in [6.07, 6.45) is 0.763. The Morgan fingerprint density at radius 2 is 1.76 bits per heavy atom. The highest BCUT2D eigenvalue weighted by molar-refractivity contribution is 9.10.